The van der Waals surface area contributed by atoms with Crippen LogP contribution in [0.3, 0.4) is 0 Å². The van der Waals surface area contributed by atoms with Crippen molar-refractivity contribution in [1.29, 1.82) is 0 Å². The molecule has 0 unspecified atom stereocenters. The van der Waals surface area contributed by atoms with Gasteiger partial charge in [0, 0.05) is 23.3 Å². The molecule has 0 spiro atoms. The molecule has 0 aliphatic rings. The van der Waals surface area contributed by atoms with Crippen molar-refractivity contribution in [2.24, 2.45) is 0 Å². The minimum absolute atomic E-state index is 0.115. The number of ether oxygens (including phenoxy) is 1. The summed E-state index contributed by atoms with van der Waals surface area (Å²) < 4.78 is 7.78. The molecule has 0 saturated carbocycles. The SMILES string of the molecule is O=C(Cn1ccc2cc(OCc3ccccc3)ccc21)Nc1ccccn1. The van der Waals surface area contributed by atoms with Crippen LogP contribution in [0.1, 0.15) is 5.56 Å². The van der Waals surface area contributed by atoms with E-state index in [4.69, 9.17) is 4.74 Å². The first-order chi connectivity index (χ1) is 13.3. The molecule has 5 nitrogen and oxygen atoms in total. The van der Waals surface area contributed by atoms with Crippen molar-refractivity contribution in [3.63, 3.8) is 0 Å². The number of carbonyl (C=O) groups excluding carboxylic acids is 1. The predicted molar refractivity (Wildman–Crippen MR) is 106 cm³/mol. The molecule has 0 radical (unpaired) electrons. The van der Waals surface area contributed by atoms with Crippen LogP contribution in [0.5, 0.6) is 5.75 Å². The Bertz CT molecular complexity index is 1040. The Labute approximate surface area is 157 Å². The first kappa shape index (κ1) is 16.8. The molecular weight excluding hydrogens is 338 g/mol. The Morgan fingerprint density at radius 1 is 1.00 bits per heavy atom. The van der Waals surface area contributed by atoms with Crippen LogP contribution in [-0.4, -0.2) is 15.5 Å². The van der Waals surface area contributed by atoms with Gasteiger partial charge in [-0.25, -0.2) is 4.98 Å². The zero-order valence-corrected chi connectivity index (χ0v) is 14.7. The van der Waals surface area contributed by atoms with Crippen molar-refractivity contribution in [3.8, 4) is 5.75 Å². The van der Waals surface area contributed by atoms with Gasteiger partial charge in [-0.3, -0.25) is 4.79 Å². The Morgan fingerprint density at radius 2 is 1.85 bits per heavy atom. The van der Waals surface area contributed by atoms with Crippen molar-refractivity contribution in [2.75, 3.05) is 5.32 Å². The number of benzene rings is 2. The Kier molecular flexibility index (Phi) is 4.83. The molecule has 0 aliphatic carbocycles. The molecule has 1 N–H and O–H groups in total. The average molecular weight is 357 g/mol. The lowest BCUT2D eigenvalue weighted by Gasteiger charge is -2.08. The van der Waals surface area contributed by atoms with Crippen LogP contribution in [0, 0.1) is 0 Å². The van der Waals surface area contributed by atoms with Gasteiger partial charge in [-0.15, -0.1) is 0 Å². The van der Waals surface area contributed by atoms with E-state index in [-0.39, 0.29) is 12.5 Å². The maximum absolute atomic E-state index is 12.3. The first-order valence-corrected chi connectivity index (χ1v) is 8.74. The maximum atomic E-state index is 12.3. The summed E-state index contributed by atoms with van der Waals surface area (Å²) in [5.41, 5.74) is 2.11. The second kappa shape index (κ2) is 7.74. The molecule has 5 heteroatoms. The van der Waals surface area contributed by atoms with Gasteiger partial charge in [0.1, 0.15) is 24.7 Å². The molecule has 4 rings (SSSR count). The zero-order chi connectivity index (χ0) is 18.5. The number of nitrogens with zero attached hydrogens (tertiary/aromatic N) is 2. The molecule has 0 saturated heterocycles. The summed E-state index contributed by atoms with van der Waals surface area (Å²) in [4.78, 5) is 16.4. The van der Waals surface area contributed by atoms with E-state index in [0.29, 0.717) is 12.4 Å². The number of hydrogen-bond donors (Lipinski definition) is 1. The van der Waals surface area contributed by atoms with E-state index < -0.39 is 0 Å². The zero-order valence-electron chi connectivity index (χ0n) is 14.7. The highest BCUT2D eigenvalue weighted by Crippen LogP contribution is 2.23. The van der Waals surface area contributed by atoms with Crippen molar-refractivity contribution >= 4 is 22.6 Å². The molecule has 134 valence electrons. The molecule has 27 heavy (non-hydrogen) atoms. The largest absolute Gasteiger partial charge is 0.489 e. The van der Waals surface area contributed by atoms with E-state index in [9.17, 15) is 4.79 Å². The molecule has 4 aromatic rings. The molecule has 1 amide bonds. The van der Waals surface area contributed by atoms with Gasteiger partial charge in [0.2, 0.25) is 5.91 Å². The lowest BCUT2D eigenvalue weighted by atomic mass is 10.2. The maximum Gasteiger partial charge on any atom is 0.245 e. The summed E-state index contributed by atoms with van der Waals surface area (Å²) in [7, 11) is 0. The highest BCUT2D eigenvalue weighted by molar-refractivity contribution is 5.91. The smallest absolute Gasteiger partial charge is 0.245 e. The van der Waals surface area contributed by atoms with Gasteiger partial charge in [-0.2, -0.15) is 0 Å². The van der Waals surface area contributed by atoms with E-state index in [2.05, 4.69) is 10.3 Å². The number of amides is 1. The van der Waals surface area contributed by atoms with Gasteiger partial charge in [0.25, 0.3) is 0 Å². The van der Waals surface area contributed by atoms with Crippen molar-refractivity contribution < 1.29 is 9.53 Å². The molecule has 0 atom stereocenters. The van der Waals surface area contributed by atoms with Crippen molar-refractivity contribution in [2.45, 2.75) is 13.2 Å². The van der Waals surface area contributed by atoms with Crippen molar-refractivity contribution in [3.05, 3.63) is 90.8 Å². The Morgan fingerprint density at radius 3 is 2.67 bits per heavy atom. The second-order valence-corrected chi connectivity index (χ2v) is 6.20. The Hall–Kier alpha value is -3.60. The van der Waals surface area contributed by atoms with E-state index in [0.717, 1.165) is 22.2 Å². The van der Waals surface area contributed by atoms with Gasteiger partial charge in [0.15, 0.2) is 0 Å². The molecule has 2 heterocycles. The number of anilines is 1. The predicted octanol–water partition coefficient (Wildman–Crippen LogP) is 4.25. The fourth-order valence-electron chi connectivity index (χ4n) is 2.92. The minimum atomic E-state index is -0.115. The minimum Gasteiger partial charge on any atom is -0.489 e. The molecule has 2 aromatic carbocycles. The second-order valence-electron chi connectivity index (χ2n) is 6.20. The van der Waals surface area contributed by atoms with Crippen molar-refractivity contribution in [1.82, 2.24) is 9.55 Å². The average Bonchev–Trinajstić information content (AvgIpc) is 3.10. The third-order valence-corrected chi connectivity index (χ3v) is 4.24. The van der Waals surface area contributed by atoms with Gasteiger partial charge in [-0.05, 0) is 42.0 Å². The van der Waals surface area contributed by atoms with Crippen LogP contribution in [-0.2, 0) is 17.9 Å². The number of rotatable bonds is 6. The molecular formula is C22H19N3O2. The summed E-state index contributed by atoms with van der Waals surface area (Å²) in [6.45, 7) is 0.754. The van der Waals surface area contributed by atoms with Gasteiger partial charge in [-0.1, -0.05) is 36.4 Å². The summed E-state index contributed by atoms with van der Waals surface area (Å²) in [6.07, 6.45) is 3.56. The Balaban J connectivity index is 1.43. The lowest BCUT2D eigenvalue weighted by Crippen LogP contribution is -2.18. The lowest BCUT2D eigenvalue weighted by molar-refractivity contribution is -0.116. The number of nitrogens with one attached hydrogen (secondary N) is 1. The molecule has 0 aliphatic heterocycles. The normalized spacial score (nSPS) is 10.7. The van der Waals surface area contributed by atoms with E-state index in [1.54, 1.807) is 12.3 Å². The van der Waals surface area contributed by atoms with Crippen LogP contribution in [0.15, 0.2) is 85.2 Å². The molecule has 0 bridgehead atoms. The highest BCUT2D eigenvalue weighted by Gasteiger charge is 2.08. The molecule has 0 fully saturated rings. The van der Waals surface area contributed by atoms with E-state index >= 15 is 0 Å². The van der Waals surface area contributed by atoms with Crippen LogP contribution in [0.4, 0.5) is 5.82 Å². The van der Waals surface area contributed by atoms with Gasteiger partial charge in [0.05, 0.1) is 0 Å². The number of fused-ring (bicyclic) bond motifs is 1. The number of carbonyl (C=O) groups is 1. The van der Waals surface area contributed by atoms with E-state index in [1.807, 2.05) is 77.5 Å². The summed E-state index contributed by atoms with van der Waals surface area (Å²) in [6, 6.07) is 23.4. The summed E-state index contributed by atoms with van der Waals surface area (Å²) in [5.74, 6) is 1.24. The number of aromatic nitrogens is 2. The fraction of sp³-hybridized carbons (Fsp3) is 0.0909. The highest BCUT2D eigenvalue weighted by atomic mass is 16.5. The monoisotopic (exact) mass is 357 g/mol. The first-order valence-electron chi connectivity index (χ1n) is 8.74. The van der Waals surface area contributed by atoms with Crippen LogP contribution in [0.25, 0.3) is 10.9 Å². The third kappa shape index (κ3) is 4.15. The van der Waals surface area contributed by atoms with Crippen LogP contribution in [0.2, 0.25) is 0 Å². The fourth-order valence-corrected chi connectivity index (χ4v) is 2.92. The summed E-state index contributed by atoms with van der Waals surface area (Å²) >= 11 is 0. The van der Waals surface area contributed by atoms with Crippen LogP contribution < -0.4 is 10.1 Å². The number of pyridine rings is 1. The number of hydrogen-bond acceptors (Lipinski definition) is 3. The van der Waals surface area contributed by atoms with Gasteiger partial charge < -0.3 is 14.6 Å². The third-order valence-electron chi connectivity index (χ3n) is 4.24. The topological polar surface area (TPSA) is 56.1 Å². The van der Waals surface area contributed by atoms with Crippen LogP contribution >= 0.6 is 0 Å². The quantitative estimate of drug-likeness (QED) is 0.561. The molecule has 2 aromatic heterocycles. The standard InChI is InChI=1S/C22H19N3O2/c26-22(24-21-8-4-5-12-23-21)15-25-13-11-18-14-19(9-10-20(18)25)27-16-17-6-2-1-3-7-17/h1-14H,15-16H2,(H,23,24,26). The summed E-state index contributed by atoms with van der Waals surface area (Å²) in [5, 5.41) is 3.83. The van der Waals surface area contributed by atoms with E-state index in [1.165, 1.54) is 0 Å². The van der Waals surface area contributed by atoms with Gasteiger partial charge >= 0.3 is 0 Å².